The zero-order valence-electron chi connectivity index (χ0n) is 19.9. The van der Waals surface area contributed by atoms with Crippen LogP contribution in [0.3, 0.4) is 0 Å². The molecule has 8 heteroatoms. The first-order valence-corrected chi connectivity index (χ1v) is 12.4. The molecule has 2 heterocycles. The van der Waals surface area contributed by atoms with Gasteiger partial charge in [0.05, 0.1) is 12.6 Å². The highest BCUT2D eigenvalue weighted by atomic mass is 32.1. The maximum absolute atomic E-state index is 14.1. The summed E-state index contributed by atoms with van der Waals surface area (Å²) in [7, 11) is 1.57. The molecule has 35 heavy (non-hydrogen) atoms. The number of benzene rings is 2. The zero-order chi connectivity index (χ0) is 24.8. The molecule has 0 aliphatic carbocycles. The first kappa shape index (κ1) is 24.9. The van der Waals surface area contributed by atoms with Gasteiger partial charge in [-0.3, -0.25) is 9.59 Å². The number of carbonyl (C=O) groups is 2. The number of carbonyl (C=O) groups excluding carboxylic acids is 2. The number of para-hydroxylation sites is 1. The second-order valence-electron chi connectivity index (χ2n) is 8.48. The van der Waals surface area contributed by atoms with Crippen LogP contribution in [0.15, 0.2) is 60.0 Å². The number of ether oxygens (including phenoxy) is 2. The molecule has 1 aliphatic rings. The Hall–Kier alpha value is -3.23. The van der Waals surface area contributed by atoms with Crippen LogP contribution in [0.25, 0.3) is 0 Å². The van der Waals surface area contributed by atoms with Crippen molar-refractivity contribution in [3.63, 3.8) is 0 Å². The molecule has 0 saturated carbocycles. The average Bonchev–Trinajstić information content (AvgIpc) is 3.34. The van der Waals surface area contributed by atoms with Gasteiger partial charge in [-0.15, -0.1) is 11.3 Å². The van der Waals surface area contributed by atoms with Crippen LogP contribution in [0, 0.1) is 12.7 Å². The number of aryl methyl sites for hydroxylation is 1. The van der Waals surface area contributed by atoms with Crippen molar-refractivity contribution < 1.29 is 23.5 Å². The molecule has 1 aromatic heterocycles. The van der Waals surface area contributed by atoms with Gasteiger partial charge in [0, 0.05) is 30.6 Å². The van der Waals surface area contributed by atoms with E-state index < -0.39 is 5.82 Å². The first-order chi connectivity index (χ1) is 17.0. The topological polar surface area (TPSA) is 59.1 Å². The summed E-state index contributed by atoms with van der Waals surface area (Å²) in [6.45, 7) is 3.09. The van der Waals surface area contributed by atoms with Crippen LogP contribution in [0.4, 0.5) is 4.39 Å². The summed E-state index contributed by atoms with van der Waals surface area (Å²) in [4.78, 5) is 31.3. The molecule has 184 valence electrons. The van der Waals surface area contributed by atoms with Crippen LogP contribution in [0.2, 0.25) is 0 Å². The van der Waals surface area contributed by atoms with Crippen LogP contribution in [0.1, 0.15) is 32.4 Å². The van der Waals surface area contributed by atoms with Crippen molar-refractivity contribution in [1.29, 1.82) is 0 Å². The number of methoxy groups -OCH3 is 1. The lowest BCUT2D eigenvalue weighted by atomic mass is 10.0. The quantitative estimate of drug-likeness (QED) is 0.438. The molecule has 3 aromatic rings. The number of hydrogen-bond acceptors (Lipinski definition) is 5. The number of amides is 2. The number of halogens is 1. The van der Waals surface area contributed by atoms with Crippen molar-refractivity contribution in [1.82, 2.24) is 9.80 Å². The summed E-state index contributed by atoms with van der Waals surface area (Å²) in [5, 5.41) is 2.00. The second-order valence-corrected chi connectivity index (χ2v) is 9.48. The number of thiophene rings is 1. The van der Waals surface area contributed by atoms with E-state index in [-0.39, 0.29) is 36.8 Å². The van der Waals surface area contributed by atoms with Gasteiger partial charge in [-0.2, -0.15) is 0 Å². The van der Waals surface area contributed by atoms with E-state index in [0.717, 1.165) is 17.5 Å². The van der Waals surface area contributed by atoms with Crippen LogP contribution in [-0.4, -0.2) is 61.6 Å². The fourth-order valence-corrected chi connectivity index (χ4v) is 5.20. The molecule has 0 N–H and O–H groups in total. The summed E-state index contributed by atoms with van der Waals surface area (Å²) < 4.78 is 25.2. The van der Waals surface area contributed by atoms with Gasteiger partial charge in [-0.05, 0) is 54.6 Å². The van der Waals surface area contributed by atoms with E-state index in [0.29, 0.717) is 25.3 Å². The smallest absolute Gasteiger partial charge is 0.254 e. The lowest BCUT2D eigenvalue weighted by molar-refractivity contribution is -0.135. The van der Waals surface area contributed by atoms with Crippen molar-refractivity contribution in [2.24, 2.45) is 0 Å². The van der Waals surface area contributed by atoms with Crippen molar-refractivity contribution in [3.05, 3.63) is 87.4 Å². The first-order valence-electron chi connectivity index (χ1n) is 11.6. The number of rotatable bonds is 9. The van der Waals surface area contributed by atoms with Crippen LogP contribution < -0.4 is 4.74 Å². The fraction of sp³-hybridized carbons (Fsp3) is 0.333. The highest BCUT2D eigenvalue weighted by Gasteiger charge is 2.33. The normalized spacial score (nSPS) is 14.9. The summed E-state index contributed by atoms with van der Waals surface area (Å²) in [5.41, 5.74) is 2.52. The van der Waals surface area contributed by atoms with Crippen molar-refractivity contribution in [2.75, 3.05) is 40.0 Å². The van der Waals surface area contributed by atoms with Gasteiger partial charge in [0.15, 0.2) is 11.6 Å². The third-order valence-electron chi connectivity index (χ3n) is 6.09. The summed E-state index contributed by atoms with van der Waals surface area (Å²) in [6.07, 6.45) is 0.735. The zero-order valence-corrected chi connectivity index (χ0v) is 20.7. The van der Waals surface area contributed by atoms with E-state index in [2.05, 4.69) is 0 Å². The Balaban J connectivity index is 1.53. The lowest BCUT2D eigenvalue weighted by Gasteiger charge is -2.37. The van der Waals surface area contributed by atoms with Crippen molar-refractivity contribution in [3.8, 4) is 5.75 Å². The van der Waals surface area contributed by atoms with E-state index >= 15 is 0 Å². The Kier molecular flexibility index (Phi) is 8.15. The molecule has 2 amide bonds. The molecule has 1 aliphatic heterocycles. The molecule has 1 atom stereocenters. The molecular weight excluding hydrogens is 467 g/mol. The SMILES string of the molecule is COCCN(CC(=O)N1CCc2sccc2[C@H]1COc1ccccc1F)C(=O)c1cccc(C)c1. The van der Waals surface area contributed by atoms with Gasteiger partial charge >= 0.3 is 0 Å². The average molecular weight is 497 g/mol. The molecule has 0 spiro atoms. The fourth-order valence-electron chi connectivity index (χ4n) is 4.27. The number of nitrogens with zero attached hydrogens (tertiary/aromatic N) is 2. The Bertz CT molecular complexity index is 1180. The second kappa shape index (κ2) is 11.5. The minimum Gasteiger partial charge on any atom is -0.488 e. The van der Waals surface area contributed by atoms with Crippen LogP contribution >= 0.6 is 11.3 Å². The predicted molar refractivity (Wildman–Crippen MR) is 133 cm³/mol. The highest BCUT2D eigenvalue weighted by Crippen LogP contribution is 2.34. The van der Waals surface area contributed by atoms with Crippen LogP contribution in [-0.2, 0) is 16.0 Å². The lowest BCUT2D eigenvalue weighted by Crippen LogP contribution is -2.48. The maximum atomic E-state index is 14.1. The highest BCUT2D eigenvalue weighted by molar-refractivity contribution is 7.10. The largest absolute Gasteiger partial charge is 0.488 e. The minimum absolute atomic E-state index is 0.0776. The molecule has 0 fully saturated rings. The van der Waals surface area contributed by atoms with E-state index in [9.17, 15) is 14.0 Å². The van der Waals surface area contributed by atoms with Crippen molar-refractivity contribution in [2.45, 2.75) is 19.4 Å². The van der Waals surface area contributed by atoms with Gasteiger partial charge in [-0.25, -0.2) is 4.39 Å². The Morgan fingerprint density at radius 3 is 2.77 bits per heavy atom. The van der Waals surface area contributed by atoms with Gasteiger partial charge in [0.25, 0.3) is 5.91 Å². The van der Waals surface area contributed by atoms with Crippen LogP contribution in [0.5, 0.6) is 5.75 Å². The standard InChI is InChI=1S/C27H29FN2O4S/c1-19-6-5-7-20(16-19)27(32)29(13-14-33-2)17-26(31)30-12-10-25-21(11-15-35-25)23(30)18-34-24-9-4-3-8-22(24)28/h3-9,11,15-16,23H,10,12-14,17-18H2,1-2H3/t23-/m1/s1. The number of fused-ring (bicyclic) bond motifs is 1. The van der Waals surface area contributed by atoms with Gasteiger partial charge in [-0.1, -0.05) is 29.8 Å². The van der Waals surface area contributed by atoms with Crippen molar-refractivity contribution >= 4 is 23.2 Å². The van der Waals surface area contributed by atoms with E-state index in [4.69, 9.17) is 9.47 Å². The molecule has 2 aromatic carbocycles. The van der Waals surface area contributed by atoms with E-state index in [1.54, 1.807) is 47.6 Å². The third kappa shape index (κ3) is 5.89. The molecule has 6 nitrogen and oxygen atoms in total. The molecule has 0 saturated heterocycles. The molecule has 0 unspecified atom stereocenters. The molecule has 0 bridgehead atoms. The molecule has 0 radical (unpaired) electrons. The Morgan fingerprint density at radius 2 is 2.00 bits per heavy atom. The minimum atomic E-state index is -0.443. The van der Waals surface area contributed by atoms with E-state index in [1.807, 2.05) is 36.6 Å². The Morgan fingerprint density at radius 1 is 1.17 bits per heavy atom. The Labute approximate surface area is 208 Å². The predicted octanol–water partition coefficient (Wildman–Crippen LogP) is 4.49. The monoisotopic (exact) mass is 496 g/mol. The molecular formula is C27H29FN2O4S. The summed E-state index contributed by atoms with van der Waals surface area (Å²) >= 11 is 1.65. The van der Waals surface area contributed by atoms with E-state index in [1.165, 1.54) is 15.8 Å². The maximum Gasteiger partial charge on any atom is 0.254 e. The third-order valence-corrected chi connectivity index (χ3v) is 7.09. The van der Waals surface area contributed by atoms with Gasteiger partial charge in [0.2, 0.25) is 5.91 Å². The summed E-state index contributed by atoms with van der Waals surface area (Å²) in [6, 6.07) is 15.2. The number of hydrogen-bond donors (Lipinski definition) is 0. The van der Waals surface area contributed by atoms with Gasteiger partial charge < -0.3 is 19.3 Å². The van der Waals surface area contributed by atoms with Gasteiger partial charge in [0.1, 0.15) is 13.2 Å². The molecule has 4 rings (SSSR count). The summed E-state index contributed by atoms with van der Waals surface area (Å²) in [5.74, 6) is -0.688.